The number of carbonyl (C=O) groups is 2. The zero-order valence-corrected chi connectivity index (χ0v) is 17.4. The number of hydrogen-bond acceptors (Lipinski definition) is 7. The molecule has 0 saturated heterocycles. The molecule has 0 atom stereocenters. The Morgan fingerprint density at radius 2 is 1.79 bits per heavy atom. The van der Waals surface area contributed by atoms with Gasteiger partial charge in [-0.1, -0.05) is 6.07 Å². The number of carbonyl (C=O) groups excluding carboxylic acids is 2. The summed E-state index contributed by atoms with van der Waals surface area (Å²) in [7, 11) is 0. The quantitative estimate of drug-likeness (QED) is 0.315. The maximum atomic E-state index is 13.2. The minimum absolute atomic E-state index is 0.102. The minimum atomic E-state index is -4.57. The van der Waals surface area contributed by atoms with E-state index in [1.165, 1.54) is 54.9 Å². The Balaban J connectivity index is 1.38. The minimum Gasteiger partial charge on any atom is -0.483 e. The zero-order chi connectivity index (χ0) is 23.4. The number of anilines is 1. The molecule has 4 rings (SSSR count). The van der Waals surface area contributed by atoms with Crippen molar-refractivity contribution in [2.45, 2.75) is 6.18 Å². The molecule has 1 N–H and O–H groups in total. The lowest BCUT2D eigenvalue weighted by Gasteiger charge is -2.13. The Bertz CT molecular complexity index is 1290. The average molecular weight is 473 g/mol. The van der Waals surface area contributed by atoms with Crippen LogP contribution in [0.15, 0.2) is 66.3 Å². The summed E-state index contributed by atoms with van der Waals surface area (Å²) in [6, 6.07) is 11.1. The first kappa shape index (κ1) is 22.2. The SMILES string of the molecule is O=C(COc1ccnc2c(C(F)(F)F)cccc12)Nc1ccc(OC(=O)c2nccs2)cc1. The third-order valence-corrected chi connectivity index (χ3v) is 5.10. The van der Waals surface area contributed by atoms with Crippen LogP contribution in [0.5, 0.6) is 11.5 Å². The average Bonchev–Trinajstić information content (AvgIpc) is 3.33. The number of nitrogens with zero attached hydrogens (tertiary/aromatic N) is 2. The first-order valence-electron chi connectivity index (χ1n) is 9.40. The Labute approximate surface area is 188 Å². The number of fused-ring (bicyclic) bond motifs is 1. The van der Waals surface area contributed by atoms with Crippen LogP contribution < -0.4 is 14.8 Å². The van der Waals surface area contributed by atoms with E-state index in [0.29, 0.717) is 5.69 Å². The second kappa shape index (κ2) is 9.25. The fourth-order valence-electron chi connectivity index (χ4n) is 2.93. The van der Waals surface area contributed by atoms with Crippen LogP contribution in [0.25, 0.3) is 10.9 Å². The van der Waals surface area contributed by atoms with Gasteiger partial charge in [-0.15, -0.1) is 11.3 Å². The van der Waals surface area contributed by atoms with E-state index in [9.17, 15) is 22.8 Å². The first-order chi connectivity index (χ1) is 15.8. The molecule has 0 bridgehead atoms. The molecule has 2 heterocycles. The lowest BCUT2D eigenvalue weighted by Crippen LogP contribution is -2.20. The lowest BCUT2D eigenvalue weighted by molar-refractivity contribution is -0.136. The van der Waals surface area contributed by atoms with E-state index in [1.54, 1.807) is 5.38 Å². The molecule has 7 nitrogen and oxygen atoms in total. The number of amides is 1. The number of esters is 1. The van der Waals surface area contributed by atoms with Gasteiger partial charge in [-0.2, -0.15) is 13.2 Å². The van der Waals surface area contributed by atoms with Crippen molar-refractivity contribution in [3.05, 3.63) is 76.9 Å². The Kier molecular flexibility index (Phi) is 6.22. The zero-order valence-electron chi connectivity index (χ0n) is 16.6. The van der Waals surface area contributed by atoms with Crippen LogP contribution >= 0.6 is 11.3 Å². The molecule has 2 aromatic carbocycles. The Morgan fingerprint density at radius 1 is 1.00 bits per heavy atom. The summed E-state index contributed by atoms with van der Waals surface area (Å²) >= 11 is 1.15. The number of alkyl halides is 3. The molecule has 0 saturated carbocycles. The predicted molar refractivity (Wildman–Crippen MR) is 114 cm³/mol. The third-order valence-electron chi connectivity index (χ3n) is 4.35. The van der Waals surface area contributed by atoms with Gasteiger partial charge < -0.3 is 14.8 Å². The van der Waals surface area contributed by atoms with Crippen molar-refractivity contribution in [3.63, 3.8) is 0 Å². The second-order valence-electron chi connectivity index (χ2n) is 6.60. The fraction of sp³-hybridized carbons (Fsp3) is 0.0909. The molecule has 0 aliphatic carbocycles. The van der Waals surface area contributed by atoms with Crippen molar-refractivity contribution in [1.29, 1.82) is 0 Å². The molecule has 168 valence electrons. The number of hydrogen-bond donors (Lipinski definition) is 1. The molecule has 0 radical (unpaired) electrons. The van der Waals surface area contributed by atoms with Crippen LogP contribution in [-0.4, -0.2) is 28.5 Å². The van der Waals surface area contributed by atoms with E-state index in [2.05, 4.69) is 15.3 Å². The van der Waals surface area contributed by atoms with Gasteiger partial charge in [0.25, 0.3) is 5.91 Å². The van der Waals surface area contributed by atoms with Crippen molar-refractivity contribution in [1.82, 2.24) is 9.97 Å². The van der Waals surface area contributed by atoms with Gasteiger partial charge in [-0.3, -0.25) is 9.78 Å². The van der Waals surface area contributed by atoms with Crippen molar-refractivity contribution in [2.24, 2.45) is 0 Å². The van der Waals surface area contributed by atoms with Crippen LogP contribution in [-0.2, 0) is 11.0 Å². The highest BCUT2D eigenvalue weighted by atomic mass is 32.1. The smallest absolute Gasteiger partial charge is 0.418 e. The Hall–Kier alpha value is -3.99. The maximum absolute atomic E-state index is 13.2. The van der Waals surface area contributed by atoms with Crippen molar-refractivity contribution in [3.8, 4) is 11.5 Å². The van der Waals surface area contributed by atoms with Gasteiger partial charge >= 0.3 is 12.1 Å². The molecule has 0 spiro atoms. The van der Waals surface area contributed by atoms with Gasteiger partial charge in [0.1, 0.15) is 11.5 Å². The molecule has 0 unspecified atom stereocenters. The number of halogens is 3. The monoisotopic (exact) mass is 473 g/mol. The van der Waals surface area contributed by atoms with E-state index in [1.807, 2.05) is 0 Å². The van der Waals surface area contributed by atoms with Gasteiger partial charge in [-0.05, 0) is 42.5 Å². The molecule has 1 amide bonds. The van der Waals surface area contributed by atoms with Gasteiger partial charge in [0.05, 0.1) is 11.1 Å². The summed E-state index contributed by atoms with van der Waals surface area (Å²) in [4.78, 5) is 31.8. The van der Waals surface area contributed by atoms with E-state index < -0.39 is 30.2 Å². The molecule has 0 aliphatic rings. The molecular formula is C22H14F3N3O4S. The topological polar surface area (TPSA) is 90.4 Å². The second-order valence-corrected chi connectivity index (χ2v) is 7.49. The van der Waals surface area contributed by atoms with Crippen LogP contribution in [0, 0.1) is 0 Å². The highest BCUT2D eigenvalue weighted by molar-refractivity contribution is 7.11. The predicted octanol–water partition coefficient (Wildman–Crippen LogP) is 4.95. The summed E-state index contributed by atoms with van der Waals surface area (Å²) < 4.78 is 50.2. The number of pyridine rings is 1. The maximum Gasteiger partial charge on any atom is 0.418 e. The highest BCUT2D eigenvalue weighted by Gasteiger charge is 2.33. The van der Waals surface area contributed by atoms with E-state index in [4.69, 9.17) is 9.47 Å². The summed E-state index contributed by atoms with van der Waals surface area (Å²) in [6.45, 7) is -0.434. The molecule has 33 heavy (non-hydrogen) atoms. The molecule has 0 fully saturated rings. The van der Waals surface area contributed by atoms with Gasteiger partial charge in [0, 0.05) is 28.8 Å². The fourth-order valence-corrected chi connectivity index (χ4v) is 3.44. The summed E-state index contributed by atoms with van der Waals surface area (Å²) in [6.07, 6.45) is -1.88. The summed E-state index contributed by atoms with van der Waals surface area (Å²) in [5.74, 6) is -0.744. The number of aromatic nitrogens is 2. The number of benzene rings is 2. The van der Waals surface area contributed by atoms with E-state index >= 15 is 0 Å². The molecular weight excluding hydrogens is 459 g/mol. The van der Waals surface area contributed by atoms with Crippen molar-refractivity contribution in [2.75, 3.05) is 11.9 Å². The van der Waals surface area contributed by atoms with E-state index in [-0.39, 0.29) is 27.4 Å². The van der Waals surface area contributed by atoms with Crippen molar-refractivity contribution >= 4 is 39.8 Å². The molecule has 2 aromatic heterocycles. The van der Waals surface area contributed by atoms with Crippen LogP contribution in [0.4, 0.5) is 18.9 Å². The molecule has 4 aromatic rings. The van der Waals surface area contributed by atoms with Gasteiger partial charge in [-0.25, -0.2) is 9.78 Å². The lowest BCUT2D eigenvalue weighted by atomic mass is 10.1. The molecule has 11 heteroatoms. The number of rotatable bonds is 6. The number of ether oxygens (including phenoxy) is 2. The molecule has 0 aliphatic heterocycles. The van der Waals surface area contributed by atoms with Crippen LogP contribution in [0.3, 0.4) is 0 Å². The van der Waals surface area contributed by atoms with Gasteiger partial charge in [0.2, 0.25) is 5.01 Å². The highest BCUT2D eigenvalue weighted by Crippen LogP contribution is 2.36. The number of thiazole rings is 1. The van der Waals surface area contributed by atoms with Crippen LogP contribution in [0.2, 0.25) is 0 Å². The van der Waals surface area contributed by atoms with Gasteiger partial charge in [0.15, 0.2) is 6.61 Å². The van der Waals surface area contributed by atoms with Crippen LogP contribution in [0.1, 0.15) is 15.4 Å². The normalized spacial score (nSPS) is 11.2. The van der Waals surface area contributed by atoms with Crippen molar-refractivity contribution < 1.29 is 32.2 Å². The third kappa shape index (κ3) is 5.26. The number of nitrogens with one attached hydrogen (secondary N) is 1. The number of para-hydroxylation sites is 1. The standard InChI is InChI=1S/C22H14F3N3O4S/c23-22(24,25)16-3-1-2-15-17(8-9-26-19(15)16)31-12-18(29)28-13-4-6-14(7-5-13)32-21(30)20-27-10-11-33-20/h1-11H,12H2,(H,28,29). The van der Waals surface area contributed by atoms with E-state index in [0.717, 1.165) is 17.4 Å². The summed E-state index contributed by atoms with van der Waals surface area (Å²) in [5.41, 5.74) is -0.729. The largest absolute Gasteiger partial charge is 0.483 e. The summed E-state index contributed by atoms with van der Waals surface area (Å²) in [5, 5.41) is 4.61. The first-order valence-corrected chi connectivity index (χ1v) is 10.3. The Morgan fingerprint density at radius 3 is 2.48 bits per heavy atom.